The van der Waals surface area contributed by atoms with Crippen LogP contribution in [0.25, 0.3) is 6.08 Å². The monoisotopic (exact) mass is 421 g/mol. The Morgan fingerprint density at radius 3 is 2.35 bits per heavy atom. The van der Waals surface area contributed by atoms with Crippen molar-refractivity contribution in [2.24, 2.45) is 0 Å². The molecule has 2 aliphatic heterocycles. The van der Waals surface area contributed by atoms with Gasteiger partial charge in [0.25, 0.3) is 0 Å². The van der Waals surface area contributed by atoms with Crippen LogP contribution in [0.5, 0.6) is 11.5 Å². The van der Waals surface area contributed by atoms with Gasteiger partial charge >= 0.3 is 0 Å². The standard InChI is InChI=1S/C26H35N3O2/c1-30-25-13-5-3-9-22(25)10-7-15-27-16-8-11-23(21-27)28-17-19-29(20-18-28)24-12-4-6-14-26(24)31-2/h3-7,9-10,12-14,23H,8,11,15-21H2,1-2H3/b10-7+. The Bertz CT molecular complexity index is 861. The van der Waals surface area contributed by atoms with Gasteiger partial charge in [0.1, 0.15) is 11.5 Å². The van der Waals surface area contributed by atoms with Crippen molar-refractivity contribution < 1.29 is 9.47 Å². The Morgan fingerprint density at radius 1 is 0.871 bits per heavy atom. The minimum absolute atomic E-state index is 0.660. The summed E-state index contributed by atoms with van der Waals surface area (Å²) in [4.78, 5) is 7.75. The first-order valence-electron chi connectivity index (χ1n) is 11.4. The van der Waals surface area contributed by atoms with Crippen LogP contribution in [0.4, 0.5) is 5.69 Å². The van der Waals surface area contributed by atoms with Crippen LogP contribution in [0.15, 0.2) is 54.6 Å². The quantitative estimate of drug-likeness (QED) is 0.674. The van der Waals surface area contributed by atoms with E-state index in [1.807, 2.05) is 18.2 Å². The maximum absolute atomic E-state index is 5.56. The third-order valence-electron chi connectivity index (χ3n) is 6.54. The topological polar surface area (TPSA) is 28.2 Å². The third kappa shape index (κ3) is 5.41. The summed E-state index contributed by atoms with van der Waals surface area (Å²) in [6.45, 7) is 7.70. The number of benzene rings is 2. The number of hydrogen-bond acceptors (Lipinski definition) is 5. The molecule has 0 bridgehead atoms. The van der Waals surface area contributed by atoms with Gasteiger partial charge in [0, 0.05) is 50.9 Å². The van der Waals surface area contributed by atoms with E-state index in [1.54, 1.807) is 14.2 Å². The maximum atomic E-state index is 5.56. The summed E-state index contributed by atoms with van der Waals surface area (Å²) < 4.78 is 11.0. The second-order valence-electron chi connectivity index (χ2n) is 8.39. The van der Waals surface area contributed by atoms with E-state index in [0.717, 1.165) is 56.3 Å². The van der Waals surface area contributed by atoms with E-state index in [4.69, 9.17) is 9.47 Å². The molecule has 5 heteroatoms. The lowest BCUT2D eigenvalue weighted by molar-refractivity contribution is 0.0991. The van der Waals surface area contributed by atoms with Crippen molar-refractivity contribution in [3.63, 3.8) is 0 Å². The number of hydrogen-bond donors (Lipinski definition) is 0. The average molecular weight is 422 g/mol. The van der Waals surface area contributed by atoms with Crippen LogP contribution in [0, 0.1) is 0 Å². The lowest BCUT2D eigenvalue weighted by Crippen LogP contribution is -2.55. The van der Waals surface area contributed by atoms with Crippen LogP contribution in [0.2, 0.25) is 0 Å². The second kappa shape index (κ2) is 10.7. The first kappa shape index (κ1) is 21.7. The molecule has 1 unspecified atom stereocenters. The molecule has 2 heterocycles. The van der Waals surface area contributed by atoms with Crippen LogP contribution in [-0.2, 0) is 0 Å². The Labute approximate surface area is 186 Å². The first-order chi connectivity index (χ1) is 15.3. The molecule has 2 fully saturated rings. The normalized spacial score (nSPS) is 20.8. The van der Waals surface area contributed by atoms with Gasteiger partial charge in [-0.1, -0.05) is 42.5 Å². The molecular formula is C26H35N3O2. The fourth-order valence-electron chi connectivity index (χ4n) is 4.85. The highest BCUT2D eigenvalue weighted by Gasteiger charge is 2.28. The molecule has 1 atom stereocenters. The fraction of sp³-hybridized carbons (Fsp3) is 0.462. The molecule has 0 amide bonds. The fourth-order valence-corrected chi connectivity index (χ4v) is 4.85. The van der Waals surface area contributed by atoms with Gasteiger partial charge in [0.15, 0.2) is 0 Å². The van der Waals surface area contributed by atoms with E-state index in [-0.39, 0.29) is 0 Å². The number of anilines is 1. The number of ether oxygens (including phenoxy) is 2. The van der Waals surface area contributed by atoms with Crippen molar-refractivity contribution in [3.05, 3.63) is 60.2 Å². The van der Waals surface area contributed by atoms with E-state index < -0.39 is 0 Å². The summed E-state index contributed by atoms with van der Waals surface area (Å²) >= 11 is 0. The predicted octanol–water partition coefficient (Wildman–Crippen LogP) is 4.00. The molecular weight excluding hydrogens is 386 g/mol. The number of para-hydroxylation sites is 3. The number of piperidine rings is 1. The molecule has 31 heavy (non-hydrogen) atoms. The van der Waals surface area contributed by atoms with Gasteiger partial charge < -0.3 is 14.4 Å². The Balaban J connectivity index is 1.29. The van der Waals surface area contributed by atoms with Gasteiger partial charge in [0.05, 0.1) is 19.9 Å². The summed E-state index contributed by atoms with van der Waals surface area (Å²) in [6.07, 6.45) is 7.05. The Hall–Kier alpha value is -2.50. The molecule has 2 saturated heterocycles. The van der Waals surface area contributed by atoms with Gasteiger partial charge in [-0.15, -0.1) is 0 Å². The molecule has 0 aromatic heterocycles. The zero-order valence-electron chi connectivity index (χ0n) is 18.9. The Kier molecular flexibility index (Phi) is 7.49. The van der Waals surface area contributed by atoms with Gasteiger partial charge in [-0.3, -0.25) is 9.80 Å². The van der Waals surface area contributed by atoms with Gasteiger partial charge in [-0.25, -0.2) is 0 Å². The van der Waals surface area contributed by atoms with Crippen molar-refractivity contribution in [1.29, 1.82) is 0 Å². The zero-order valence-corrected chi connectivity index (χ0v) is 18.9. The molecule has 2 aromatic carbocycles. The predicted molar refractivity (Wildman–Crippen MR) is 128 cm³/mol. The lowest BCUT2D eigenvalue weighted by Gasteiger charge is -2.44. The van der Waals surface area contributed by atoms with Gasteiger partial charge in [0.2, 0.25) is 0 Å². The molecule has 0 aliphatic carbocycles. The van der Waals surface area contributed by atoms with Crippen LogP contribution >= 0.6 is 0 Å². The van der Waals surface area contributed by atoms with Crippen LogP contribution in [0.3, 0.4) is 0 Å². The van der Waals surface area contributed by atoms with Crippen LogP contribution < -0.4 is 14.4 Å². The minimum atomic E-state index is 0.660. The highest BCUT2D eigenvalue weighted by molar-refractivity contribution is 5.59. The van der Waals surface area contributed by atoms with E-state index >= 15 is 0 Å². The molecule has 0 saturated carbocycles. The smallest absolute Gasteiger partial charge is 0.142 e. The van der Waals surface area contributed by atoms with Gasteiger partial charge in [-0.05, 0) is 37.6 Å². The first-order valence-corrected chi connectivity index (χ1v) is 11.4. The number of rotatable bonds is 7. The summed E-state index contributed by atoms with van der Waals surface area (Å²) in [6, 6.07) is 17.2. The molecule has 166 valence electrons. The van der Waals surface area contributed by atoms with Crippen LogP contribution in [-0.4, -0.2) is 75.9 Å². The largest absolute Gasteiger partial charge is 0.496 e. The number of methoxy groups -OCH3 is 2. The minimum Gasteiger partial charge on any atom is -0.496 e. The van der Waals surface area contributed by atoms with Crippen molar-refractivity contribution in [3.8, 4) is 11.5 Å². The van der Waals surface area contributed by atoms with E-state index in [1.165, 1.54) is 25.1 Å². The lowest BCUT2D eigenvalue weighted by atomic mass is 10.0. The summed E-state index contributed by atoms with van der Waals surface area (Å²) in [5.41, 5.74) is 2.36. The third-order valence-corrected chi connectivity index (χ3v) is 6.54. The van der Waals surface area contributed by atoms with Gasteiger partial charge in [-0.2, -0.15) is 0 Å². The number of likely N-dealkylation sites (tertiary alicyclic amines) is 1. The van der Waals surface area contributed by atoms with E-state index in [2.05, 4.69) is 57.2 Å². The Morgan fingerprint density at radius 2 is 1.58 bits per heavy atom. The summed E-state index contributed by atoms with van der Waals surface area (Å²) in [5.74, 6) is 1.91. The van der Waals surface area contributed by atoms with Crippen molar-refractivity contribution >= 4 is 11.8 Å². The molecule has 4 rings (SSSR count). The molecule has 2 aliphatic rings. The molecule has 0 radical (unpaired) electrons. The van der Waals surface area contributed by atoms with E-state index in [0.29, 0.717) is 6.04 Å². The zero-order chi connectivity index (χ0) is 21.5. The molecule has 2 aromatic rings. The maximum Gasteiger partial charge on any atom is 0.142 e. The number of nitrogens with zero attached hydrogens (tertiary/aromatic N) is 3. The molecule has 0 spiro atoms. The summed E-state index contributed by atoms with van der Waals surface area (Å²) in [7, 11) is 3.49. The summed E-state index contributed by atoms with van der Waals surface area (Å²) in [5, 5.41) is 0. The highest BCUT2D eigenvalue weighted by atomic mass is 16.5. The average Bonchev–Trinajstić information content (AvgIpc) is 2.84. The van der Waals surface area contributed by atoms with Crippen LogP contribution in [0.1, 0.15) is 18.4 Å². The van der Waals surface area contributed by atoms with Crippen molar-refractivity contribution in [2.45, 2.75) is 18.9 Å². The van der Waals surface area contributed by atoms with Crippen molar-refractivity contribution in [1.82, 2.24) is 9.80 Å². The SMILES string of the molecule is COc1ccccc1/C=C/CN1CCCC(N2CCN(c3ccccc3OC)CC2)C1. The second-order valence-corrected chi connectivity index (χ2v) is 8.39. The van der Waals surface area contributed by atoms with Crippen molar-refractivity contribution in [2.75, 3.05) is 64.9 Å². The number of piperazine rings is 1. The molecule has 5 nitrogen and oxygen atoms in total. The van der Waals surface area contributed by atoms with E-state index in [9.17, 15) is 0 Å². The highest BCUT2D eigenvalue weighted by Crippen LogP contribution is 2.29. The molecule has 0 N–H and O–H groups in total.